The van der Waals surface area contributed by atoms with Gasteiger partial charge in [-0.2, -0.15) is 0 Å². The van der Waals surface area contributed by atoms with Crippen LogP contribution in [0, 0.1) is 5.92 Å². The Bertz CT molecular complexity index is 411. The highest BCUT2D eigenvalue weighted by atomic mass is 16.2. The number of rotatable bonds is 4. The van der Waals surface area contributed by atoms with Crippen molar-refractivity contribution >= 4 is 5.91 Å². The Morgan fingerprint density at radius 3 is 2.74 bits per heavy atom. The monoisotopic (exact) mass is 260 g/mol. The number of nitrogens with zero attached hydrogens (tertiary/aromatic N) is 1. The summed E-state index contributed by atoms with van der Waals surface area (Å²) in [6.07, 6.45) is 4.84. The van der Waals surface area contributed by atoms with E-state index in [0.29, 0.717) is 12.5 Å². The van der Waals surface area contributed by atoms with E-state index in [0.717, 1.165) is 30.6 Å². The second-order valence-corrected chi connectivity index (χ2v) is 5.45. The SMILES string of the molecule is CCCC1CCCN(C(=O)c2ccc(CN)cc2)C1. The maximum absolute atomic E-state index is 12.4. The summed E-state index contributed by atoms with van der Waals surface area (Å²) >= 11 is 0. The maximum atomic E-state index is 12.4. The number of nitrogens with two attached hydrogens (primary N) is 1. The lowest BCUT2D eigenvalue weighted by Gasteiger charge is -2.32. The Hall–Kier alpha value is -1.35. The molecule has 1 aromatic rings. The van der Waals surface area contributed by atoms with Gasteiger partial charge in [-0.25, -0.2) is 0 Å². The molecule has 104 valence electrons. The smallest absolute Gasteiger partial charge is 0.253 e. The first-order valence-corrected chi connectivity index (χ1v) is 7.33. The van der Waals surface area contributed by atoms with Gasteiger partial charge in [-0.3, -0.25) is 4.79 Å². The average Bonchev–Trinajstić information content (AvgIpc) is 2.47. The molecule has 1 atom stereocenters. The van der Waals surface area contributed by atoms with Gasteiger partial charge < -0.3 is 10.6 Å². The third kappa shape index (κ3) is 3.57. The predicted octanol–water partition coefficient (Wildman–Crippen LogP) is 2.80. The Morgan fingerprint density at radius 2 is 2.11 bits per heavy atom. The maximum Gasteiger partial charge on any atom is 0.253 e. The molecule has 1 unspecified atom stereocenters. The van der Waals surface area contributed by atoms with Crippen LogP contribution in [0.5, 0.6) is 0 Å². The molecule has 1 amide bonds. The van der Waals surface area contributed by atoms with Gasteiger partial charge in [0.2, 0.25) is 0 Å². The number of benzene rings is 1. The standard InChI is InChI=1S/C16H24N2O/c1-2-4-14-5-3-10-18(12-14)16(19)15-8-6-13(11-17)7-9-15/h6-9,14H,2-5,10-12,17H2,1H3. The summed E-state index contributed by atoms with van der Waals surface area (Å²) in [5, 5.41) is 0. The van der Waals surface area contributed by atoms with Gasteiger partial charge in [-0.1, -0.05) is 25.5 Å². The number of hydrogen-bond acceptors (Lipinski definition) is 2. The van der Waals surface area contributed by atoms with E-state index in [9.17, 15) is 4.79 Å². The summed E-state index contributed by atoms with van der Waals surface area (Å²) in [5.74, 6) is 0.857. The zero-order valence-corrected chi connectivity index (χ0v) is 11.8. The molecule has 1 fully saturated rings. The molecular formula is C16H24N2O. The largest absolute Gasteiger partial charge is 0.338 e. The molecule has 0 aromatic heterocycles. The molecular weight excluding hydrogens is 236 g/mol. The van der Waals surface area contributed by atoms with E-state index in [2.05, 4.69) is 6.92 Å². The Balaban J connectivity index is 2.01. The molecule has 0 spiro atoms. The van der Waals surface area contributed by atoms with Crippen LogP contribution in [-0.2, 0) is 6.54 Å². The highest BCUT2D eigenvalue weighted by Crippen LogP contribution is 2.22. The van der Waals surface area contributed by atoms with Crippen molar-refractivity contribution in [2.24, 2.45) is 11.7 Å². The van der Waals surface area contributed by atoms with Gasteiger partial charge in [-0.15, -0.1) is 0 Å². The molecule has 0 saturated carbocycles. The summed E-state index contributed by atoms with van der Waals surface area (Å²) in [6, 6.07) is 7.68. The van der Waals surface area contributed by atoms with Crippen molar-refractivity contribution < 1.29 is 4.79 Å². The second kappa shape index (κ2) is 6.71. The van der Waals surface area contributed by atoms with Crippen LogP contribution in [0.2, 0.25) is 0 Å². The molecule has 3 nitrogen and oxygen atoms in total. The zero-order valence-electron chi connectivity index (χ0n) is 11.8. The first kappa shape index (κ1) is 14.1. The van der Waals surface area contributed by atoms with E-state index in [1.165, 1.54) is 19.3 Å². The minimum atomic E-state index is 0.171. The first-order chi connectivity index (χ1) is 9.24. The number of piperidine rings is 1. The normalized spacial score (nSPS) is 19.5. The van der Waals surface area contributed by atoms with Gasteiger partial charge in [0.1, 0.15) is 0 Å². The summed E-state index contributed by atoms with van der Waals surface area (Å²) in [4.78, 5) is 14.5. The van der Waals surface area contributed by atoms with Crippen LogP contribution in [0.25, 0.3) is 0 Å². The fourth-order valence-electron chi connectivity index (χ4n) is 2.86. The summed E-state index contributed by atoms with van der Waals surface area (Å²) < 4.78 is 0. The molecule has 2 rings (SSSR count). The van der Waals surface area contributed by atoms with Gasteiger partial charge in [0, 0.05) is 25.2 Å². The van der Waals surface area contributed by atoms with E-state index in [1.807, 2.05) is 29.2 Å². The molecule has 1 aromatic carbocycles. The zero-order chi connectivity index (χ0) is 13.7. The van der Waals surface area contributed by atoms with Gasteiger partial charge in [-0.05, 0) is 42.9 Å². The Labute approximate surface area is 115 Å². The lowest BCUT2D eigenvalue weighted by molar-refractivity contribution is 0.0667. The van der Waals surface area contributed by atoms with E-state index in [4.69, 9.17) is 5.73 Å². The highest BCUT2D eigenvalue weighted by molar-refractivity contribution is 5.94. The van der Waals surface area contributed by atoms with Crippen molar-refractivity contribution in [3.8, 4) is 0 Å². The summed E-state index contributed by atoms with van der Waals surface area (Å²) in [5.41, 5.74) is 7.43. The molecule has 0 aliphatic carbocycles. The van der Waals surface area contributed by atoms with Crippen molar-refractivity contribution in [1.82, 2.24) is 4.90 Å². The lowest BCUT2D eigenvalue weighted by Crippen LogP contribution is -2.39. The molecule has 0 radical (unpaired) electrons. The van der Waals surface area contributed by atoms with Crippen molar-refractivity contribution in [2.45, 2.75) is 39.2 Å². The minimum Gasteiger partial charge on any atom is -0.338 e. The van der Waals surface area contributed by atoms with Gasteiger partial charge in [0.25, 0.3) is 5.91 Å². The minimum absolute atomic E-state index is 0.171. The van der Waals surface area contributed by atoms with Crippen molar-refractivity contribution in [3.05, 3.63) is 35.4 Å². The Morgan fingerprint density at radius 1 is 1.37 bits per heavy atom. The van der Waals surface area contributed by atoms with Crippen molar-refractivity contribution in [1.29, 1.82) is 0 Å². The number of amides is 1. The fraction of sp³-hybridized carbons (Fsp3) is 0.562. The number of carbonyl (C=O) groups is 1. The highest BCUT2D eigenvalue weighted by Gasteiger charge is 2.23. The van der Waals surface area contributed by atoms with Crippen LogP contribution >= 0.6 is 0 Å². The summed E-state index contributed by atoms with van der Waals surface area (Å²) in [7, 11) is 0. The van der Waals surface area contributed by atoms with Gasteiger partial charge in [0.05, 0.1) is 0 Å². The van der Waals surface area contributed by atoms with Crippen molar-refractivity contribution in [3.63, 3.8) is 0 Å². The fourth-order valence-corrected chi connectivity index (χ4v) is 2.86. The van der Waals surface area contributed by atoms with Crippen LogP contribution in [0.15, 0.2) is 24.3 Å². The molecule has 1 heterocycles. The van der Waals surface area contributed by atoms with Gasteiger partial charge >= 0.3 is 0 Å². The third-order valence-electron chi connectivity index (χ3n) is 3.94. The number of hydrogen-bond donors (Lipinski definition) is 1. The first-order valence-electron chi connectivity index (χ1n) is 7.33. The number of carbonyl (C=O) groups excluding carboxylic acids is 1. The quantitative estimate of drug-likeness (QED) is 0.905. The van der Waals surface area contributed by atoms with E-state index in [1.54, 1.807) is 0 Å². The second-order valence-electron chi connectivity index (χ2n) is 5.45. The predicted molar refractivity (Wildman–Crippen MR) is 77.9 cm³/mol. The van der Waals surface area contributed by atoms with Gasteiger partial charge in [0.15, 0.2) is 0 Å². The molecule has 2 N–H and O–H groups in total. The van der Waals surface area contributed by atoms with E-state index >= 15 is 0 Å². The van der Waals surface area contributed by atoms with Crippen LogP contribution < -0.4 is 5.73 Å². The van der Waals surface area contributed by atoms with Crippen LogP contribution in [0.4, 0.5) is 0 Å². The lowest BCUT2D eigenvalue weighted by atomic mass is 9.93. The molecule has 19 heavy (non-hydrogen) atoms. The molecule has 1 saturated heterocycles. The van der Waals surface area contributed by atoms with Crippen LogP contribution in [-0.4, -0.2) is 23.9 Å². The van der Waals surface area contributed by atoms with Crippen molar-refractivity contribution in [2.75, 3.05) is 13.1 Å². The summed E-state index contributed by atoms with van der Waals surface area (Å²) in [6.45, 7) is 4.56. The average molecular weight is 260 g/mol. The van der Waals surface area contributed by atoms with E-state index in [-0.39, 0.29) is 5.91 Å². The van der Waals surface area contributed by atoms with E-state index < -0.39 is 0 Å². The Kier molecular flexibility index (Phi) is 4.97. The molecule has 3 heteroatoms. The molecule has 1 aliphatic heterocycles. The van der Waals surface area contributed by atoms with Crippen LogP contribution in [0.1, 0.15) is 48.5 Å². The third-order valence-corrected chi connectivity index (χ3v) is 3.94. The topological polar surface area (TPSA) is 46.3 Å². The number of likely N-dealkylation sites (tertiary alicyclic amines) is 1. The van der Waals surface area contributed by atoms with Crippen LogP contribution in [0.3, 0.4) is 0 Å². The molecule has 1 aliphatic rings. The molecule has 0 bridgehead atoms.